The van der Waals surface area contributed by atoms with Crippen molar-refractivity contribution in [3.8, 4) is 0 Å². The first-order valence-corrected chi connectivity index (χ1v) is 6.23. The summed E-state index contributed by atoms with van der Waals surface area (Å²) in [5.41, 5.74) is 0.989. The molecule has 0 fully saturated rings. The number of aliphatic hydroxyl groups is 1. The third-order valence-electron chi connectivity index (χ3n) is 3.04. The Bertz CT molecular complexity index is 392. The topological polar surface area (TPSA) is 75.4 Å². The molecule has 100 valence electrons. The van der Waals surface area contributed by atoms with E-state index in [1.54, 1.807) is 12.1 Å². The Labute approximate surface area is 107 Å². The van der Waals surface area contributed by atoms with Gasteiger partial charge in [0.05, 0.1) is 11.5 Å². The van der Waals surface area contributed by atoms with Crippen molar-refractivity contribution in [3.63, 3.8) is 0 Å². The van der Waals surface area contributed by atoms with Crippen LogP contribution in [0.3, 0.4) is 0 Å². The summed E-state index contributed by atoms with van der Waals surface area (Å²) < 4.78 is 0. The number of nitrogens with zero attached hydrogens (tertiary/aromatic N) is 1. The number of benzene rings is 1. The smallest absolute Gasteiger partial charge is 0.269 e. The molecule has 18 heavy (non-hydrogen) atoms. The molecule has 0 aliphatic carbocycles. The highest BCUT2D eigenvalue weighted by Crippen LogP contribution is 2.22. The molecule has 0 saturated heterocycles. The fourth-order valence-electron chi connectivity index (χ4n) is 1.89. The average Bonchev–Trinajstić information content (AvgIpc) is 2.40. The van der Waals surface area contributed by atoms with Crippen molar-refractivity contribution in [1.82, 2.24) is 5.32 Å². The minimum Gasteiger partial charge on any atom is -0.395 e. The van der Waals surface area contributed by atoms with E-state index < -0.39 is 0 Å². The van der Waals surface area contributed by atoms with Gasteiger partial charge in [0.1, 0.15) is 0 Å². The molecule has 0 aliphatic rings. The molecule has 5 nitrogen and oxygen atoms in total. The summed E-state index contributed by atoms with van der Waals surface area (Å²) in [4.78, 5) is 10.4. The lowest BCUT2D eigenvalue weighted by Gasteiger charge is -2.23. The summed E-state index contributed by atoms with van der Waals surface area (Å²) in [5.74, 6) is 0. The van der Waals surface area contributed by atoms with Crippen molar-refractivity contribution in [2.24, 2.45) is 0 Å². The molecule has 0 radical (unpaired) electrons. The van der Waals surface area contributed by atoms with Crippen molar-refractivity contribution in [1.29, 1.82) is 0 Å². The quantitative estimate of drug-likeness (QED) is 0.577. The van der Waals surface area contributed by atoms with Gasteiger partial charge in [0, 0.05) is 24.2 Å². The Kier molecular flexibility index (Phi) is 5.74. The lowest BCUT2D eigenvalue weighted by atomic mass is 10.0. The molecular weight excluding hydrogens is 232 g/mol. The minimum absolute atomic E-state index is 0.0224. The maximum absolute atomic E-state index is 10.7. The molecule has 0 amide bonds. The summed E-state index contributed by atoms with van der Waals surface area (Å²) >= 11 is 0. The van der Waals surface area contributed by atoms with E-state index >= 15 is 0 Å². The van der Waals surface area contributed by atoms with Gasteiger partial charge in [-0.1, -0.05) is 26.0 Å². The normalized spacial score (nSPS) is 14.2. The summed E-state index contributed by atoms with van der Waals surface area (Å²) in [6.07, 6.45) is 1.64. The zero-order chi connectivity index (χ0) is 13.5. The highest BCUT2D eigenvalue weighted by atomic mass is 16.6. The van der Waals surface area contributed by atoms with Gasteiger partial charge in [-0.05, 0) is 18.4 Å². The summed E-state index contributed by atoms with van der Waals surface area (Å²) in [6.45, 7) is 4.08. The van der Waals surface area contributed by atoms with Crippen LogP contribution < -0.4 is 5.32 Å². The second-order valence-corrected chi connectivity index (χ2v) is 4.27. The SMILES string of the molecule is CCC(N[C@H](CC)CO)c1cccc([N+](=O)[O-])c1. The van der Waals surface area contributed by atoms with Gasteiger partial charge in [-0.15, -0.1) is 0 Å². The maximum Gasteiger partial charge on any atom is 0.269 e. The maximum atomic E-state index is 10.7. The summed E-state index contributed by atoms with van der Waals surface area (Å²) in [5, 5.41) is 23.2. The lowest BCUT2D eigenvalue weighted by molar-refractivity contribution is -0.384. The summed E-state index contributed by atoms with van der Waals surface area (Å²) in [6, 6.07) is 6.69. The van der Waals surface area contributed by atoms with Gasteiger partial charge in [-0.2, -0.15) is 0 Å². The van der Waals surface area contributed by atoms with Crippen LogP contribution in [-0.4, -0.2) is 22.7 Å². The van der Waals surface area contributed by atoms with E-state index in [-0.39, 0.29) is 29.3 Å². The van der Waals surface area contributed by atoms with Gasteiger partial charge in [0.15, 0.2) is 0 Å². The summed E-state index contributed by atoms with van der Waals surface area (Å²) in [7, 11) is 0. The number of aliphatic hydroxyl groups excluding tert-OH is 1. The largest absolute Gasteiger partial charge is 0.395 e. The van der Waals surface area contributed by atoms with Gasteiger partial charge in [0.2, 0.25) is 0 Å². The van der Waals surface area contributed by atoms with Gasteiger partial charge >= 0.3 is 0 Å². The zero-order valence-electron chi connectivity index (χ0n) is 10.8. The van der Waals surface area contributed by atoms with E-state index in [0.29, 0.717) is 0 Å². The Morgan fingerprint density at radius 2 is 2.11 bits per heavy atom. The van der Waals surface area contributed by atoms with Gasteiger partial charge in [-0.25, -0.2) is 0 Å². The first-order valence-electron chi connectivity index (χ1n) is 6.23. The van der Waals surface area contributed by atoms with E-state index in [1.165, 1.54) is 6.07 Å². The molecule has 5 heteroatoms. The van der Waals surface area contributed by atoms with Crippen LogP contribution in [0, 0.1) is 10.1 Å². The number of nitro benzene ring substituents is 1. The van der Waals surface area contributed by atoms with Crippen molar-refractivity contribution < 1.29 is 10.0 Å². The highest BCUT2D eigenvalue weighted by Gasteiger charge is 2.16. The van der Waals surface area contributed by atoms with Crippen molar-refractivity contribution in [2.75, 3.05) is 6.61 Å². The predicted molar refractivity (Wildman–Crippen MR) is 70.4 cm³/mol. The predicted octanol–water partition coefficient (Wildman–Crippen LogP) is 2.41. The molecule has 0 saturated carbocycles. The van der Waals surface area contributed by atoms with Crippen LogP contribution in [0.5, 0.6) is 0 Å². The first-order chi connectivity index (χ1) is 8.62. The molecule has 0 aromatic heterocycles. The van der Waals surface area contributed by atoms with Gasteiger partial charge in [-0.3, -0.25) is 10.1 Å². The molecule has 1 unspecified atom stereocenters. The molecule has 1 aromatic carbocycles. The second kappa shape index (κ2) is 7.08. The number of hydrogen-bond acceptors (Lipinski definition) is 4. The molecule has 0 heterocycles. The van der Waals surface area contributed by atoms with Crippen LogP contribution in [0.25, 0.3) is 0 Å². The zero-order valence-corrected chi connectivity index (χ0v) is 10.8. The molecule has 1 rings (SSSR count). The number of hydrogen-bond donors (Lipinski definition) is 2. The monoisotopic (exact) mass is 252 g/mol. The van der Waals surface area contributed by atoms with Crippen molar-refractivity contribution >= 4 is 5.69 Å². The Hall–Kier alpha value is -1.46. The third-order valence-corrected chi connectivity index (χ3v) is 3.04. The molecule has 0 aliphatic heterocycles. The Balaban J connectivity index is 2.87. The van der Waals surface area contributed by atoms with E-state index in [0.717, 1.165) is 18.4 Å². The van der Waals surface area contributed by atoms with Crippen LogP contribution in [0.1, 0.15) is 38.3 Å². The fraction of sp³-hybridized carbons (Fsp3) is 0.538. The van der Waals surface area contributed by atoms with Gasteiger partial charge in [0.25, 0.3) is 5.69 Å². The van der Waals surface area contributed by atoms with Gasteiger partial charge < -0.3 is 10.4 Å². The van der Waals surface area contributed by atoms with E-state index in [4.69, 9.17) is 0 Å². The molecule has 0 spiro atoms. The number of rotatable bonds is 7. The van der Waals surface area contributed by atoms with E-state index in [9.17, 15) is 15.2 Å². The second-order valence-electron chi connectivity index (χ2n) is 4.27. The highest BCUT2D eigenvalue weighted by molar-refractivity contribution is 5.35. The Morgan fingerprint density at radius 3 is 2.61 bits per heavy atom. The number of non-ortho nitro benzene ring substituents is 1. The van der Waals surface area contributed by atoms with Crippen LogP contribution in [0.15, 0.2) is 24.3 Å². The number of nitro groups is 1. The standard InChI is InChI=1S/C13H20N2O3/c1-3-11(9-16)14-13(4-2)10-6-5-7-12(8-10)15(17)18/h5-8,11,13-14,16H,3-4,9H2,1-2H3/t11-,13?/m1/s1. The van der Waals surface area contributed by atoms with E-state index in [2.05, 4.69) is 5.32 Å². The van der Waals surface area contributed by atoms with Crippen molar-refractivity contribution in [2.45, 2.75) is 38.8 Å². The van der Waals surface area contributed by atoms with Crippen LogP contribution in [0.4, 0.5) is 5.69 Å². The van der Waals surface area contributed by atoms with E-state index in [1.807, 2.05) is 19.9 Å². The first kappa shape index (κ1) is 14.6. The van der Waals surface area contributed by atoms with Crippen molar-refractivity contribution in [3.05, 3.63) is 39.9 Å². The minimum atomic E-state index is -0.389. The fourth-order valence-corrected chi connectivity index (χ4v) is 1.89. The number of nitrogens with one attached hydrogen (secondary N) is 1. The molecule has 0 bridgehead atoms. The molecule has 1 aromatic rings. The molecular formula is C13H20N2O3. The average molecular weight is 252 g/mol. The Morgan fingerprint density at radius 1 is 1.39 bits per heavy atom. The molecule has 2 atom stereocenters. The molecule has 2 N–H and O–H groups in total. The third kappa shape index (κ3) is 3.78. The van der Waals surface area contributed by atoms with Crippen LogP contribution in [0.2, 0.25) is 0 Å². The van der Waals surface area contributed by atoms with Crippen LogP contribution in [-0.2, 0) is 0 Å². The van der Waals surface area contributed by atoms with Crippen LogP contribution >= 0.6 is 0 Å². The lowest BCUT2D eigenvalue weighted by Crippen LogP contribution is -2.34.